The summed E-state index contributed by atoms with van der Waals surface area (Å²) in [5.41, 5.74) is 0. The Morgan fingerprint density at radius 3 is 3.00 bits per heavy atom. The van der Waals surface area contributed by atoms with Crippen molar-refractivity contribution in [3.05, 3.63) is 24.6 Å². The first-order valence-electron chi connectivity index (χ1n) is 5.80. The van der Waals surface area contributed by atoms with Crippen LogP contribution in [0.2, 0.25) is 0 Å². The molecule has 0 saturated heterocycles. The van der Waals surface area contributed by atoms with Crippen molar-refractivity contribution in [2.75, 3.05) is 13.1 Å². The van der Waals surface area contributed by atoms with Gasteiger partial charge in [-0.1, -0.05) is 25.0 Å². The molecule has 0 fully saturated rings. The van der Waals surface area contributed by atoms with E-state index in [1.54, 1.807) is 18.4 Å². The number of rotatable bonds is 7. The zero-order chi connectivity index (χ0) is 12.7. The van der Waals surface area contributed by atoms with Crippen LogP contribution in [0.5, 0.6) is 0 Å². The summed E-state index contributed by atoms with van der Waals surface area (Å²) in [6.45, 7) is 7.08. The Balaban J connectivity index is 2.75. The number of carbonyl (C=O) groups is 1. The van der Waals surface area contributed by atoms with Gasteiger partial charge in [0, 0.05) is 0 Å². The lowest BCUT2D eigenvalue weighted by molar-refractivity contribution is -0.903. The Labute approximate surface area is 101 Å². The fourth-order valence-electron chi connectivity index (χ4n) is 1.86. The van der Waals surface area contributed by atoms with E-state index >= 15 is 0 Å². The Kier molecular flexibility index (Phi) is 4.90. The number of ether oxygens (including phenoxy) is 1. The molecule has 17 heavy (non-hydrogen) atoms. The summed E-state index contributed by atoms with van der Waals surface area (Å²) in [5.74, 6) is 0.355. The fraction of sp³-hybridized carbons (Fsp3) is 0.500. The van der Waals surface area contributed by atoms with Crippen LogP contribution in [0.15, 0.2) is 29.7 Å². The van der Waals surface area contributed by atoms with E-state index in [-0.39, 0.29) is 4.59 Å². The lowest BCUT2D eigenvalue weighted by Crippen LogP contribution is -2.42. The highest BCUT2D eigenvalue weighted by Crippen LogP contribution is 2.25. The third kappa shape index (κ3) is 3.42. The van der Waals surface area contributed by atoms with Crippen molar-refractivity contribution in [3.8, 4) is 0 Å². The first-order chi connectivity index (χ1) is 8.14. The Bertz CT molecular complexity index is 350. The van der Waals surface area contributed by atoms with Crippen molar-refractivity contribution in [2.24, 2.45) is 5.10 Å². The van der Waals surface area contributed by atoms with Crippen LogP contribution in [0, 0.1) is 0 Å². The van der Waals surface area contributed by atoms with Gasteiger partial charge in [-0.3, -0.25) is 0 Å². The van der Waals surface area contributed by atoms with Crippen LogP contribution < -0.4 is 0 Å². The molecule has 1 atom stereocenters. The Hall–Kier alpha value is -1.62. The van der Waals surface area contributed by atoms with E-state index in [4.69, 9.17) is 9.84 Å². The van der Waals surface area contributed by atoms with Crippen molar-refractivity contribution in [1.29, 1.82) is 0 Å². The molecule has 94 valence electrons. The highest BCUT2D eigenvalue weighted by Gasteiger charge is 2.37. The number of hydrogen-bond acceptors (Lipinski definition) is 3. The van der Waals surface area contributed by atoms with E-state index in [2.05, 4.69) is 18.6 Å². The number of hydrogen-bond donors (Lipinski definition) is 1. The lowest BCUT2D eigenvalue weighted by atomic mass is 10.2. The lowest BCUT2D eigenvalue weighted by Gasteiger charge is -2.27. The van der Waals surface area contributed by atoms with E-state index in [0.717, 1.165) is 25.8 Å². The van der Waals surface area contributed by atoms with Gasteiger partial charge >= 0.3 is 12.0 Å². The molecule has 0 spiro atoms. The molecule has 0 aromatic heterocycles. The van der Waals surface area contributed by atoms with Gasteiger partial charge in [0.2, 0.25) is 0 Å². The second kappa shape index (κ2) is 6.20. The predicted octanol–water partition coefficient (Wildman–Crippen LogP) is 2.71. The molecule has 1 aliphatic rings. The van der Waals surface area contributed by atoms with Gasteiger partial charge in [-0.2, -0.15) is 0 Å². The van der Waals surface area contributed by atoms with Gasteiger partial charge in [-0.15, -0.1) is 4.59 Å². The second-order valence-electron chi connectivity index (χ2n) is 3.96. The summed E-state index contributed by atoms with van der Waals surface area (Å²) in [6, 6.07) is 0. The number of unbranched alkanes of at least 4 members (excludes halogenated alkanes) is 2. The average Bonchev–Trinajstić information content (AvgIpc) is 2.62. The van der Waals surface area contributed by atoms with E-state index < -0.39 is 6.16 Å². The molecular formula is C12H19N2O3+. The standard InChI is InChI=1S/C12H18N2O3/c1-3-5-6-10-14(9-4-2)11(7-8-13-14)17-12(15)16/h4,7-8H,2-3,5-6,9-10H2,1H3/p+1. The molecule has 0 aromatic rings. The number of nitrogens with zero attached hydrogens (tertiary/aromatic N) is 2. The predicted molar refractivity (Wildman–Crippen MR) is 65.4 cm³/mol. The Morgan fingerprint density at radius 2 is 2.41 bits per heavy atom. The van der Waals surface area contributed by atoms with Crippen LogP contribution in [-0.2, 0) is 4.74 Å². The van der Waals surface area contributed by atoms with E-state index in [0.29, 0.717) is 12.4 Å². The van der Waals surface area contributed by atoms with E-state index in [1.807, 2.05) is 0 Å². The molecule has 0 aliphatic carbocycles. The van der Waals surface area contributed by atoms with Crippen molar-refractivity contribution in [1.82, 2.24) is 0 Å². The minimum Gasteiger partial charge on any atom is -0.449 e. The second-order valence-corrected chi connectivity index (χ2v) is 3.96. The van der Waals surface area contributed by atoms with Crippen molar-refractivity contribution in [3.63, 3.8) is 0 Å². The average molecular weight is 239 g/mol. The van der Waals surface area contributed by atoms with Crippen LogP contribution in [0.25, 0.3) is 0 Å². The summed E-state index contributed by atoms with van der Waals surface area (Å²) < 4.78 is 4.96. The van der Waals surface area contributed by atoms with Crippen molar-refractivity contribution in [2.45, 2.75) is 26.2 Å². The molecule has 1 rings (SSSR count). The molecule has 5 nitrogen and oxygen atoms in total. The quantitative estimate of drug-likeness (QED) is 0.321. The molecule has 1 aliphatic heterocycles. The number of carboxylic acid groups (broad SMARTS) is 1. The number of allylic oxidation sites excluding steroid dienone is 1. The zero-order valence-corrected chi connectivity index (χ0v) is 10.1. The topological polar surface area (TPSA) is 58.9 Å². The molecule has 1 unspecified atom stereocenters. The van der Waals surface area contributed by atoms with Crippen molar-refractivity contribution >= 4 is 12.4 Å². The molecule has 0 bridgehead atoms. The third-order valence-corrected chi connectivity index (χ3v) is 2.67. The monoisotopic (exact) mass is 239 g/mol. The zero-order valence-electron chi connectivity index (χ0n) is 10.1. The summed E-state index contributed by atoms with van der Waals surface area (Å²) >= 11 is 0. The van der Waals surface area contributed by atoms with E-state index in [9.17, 15) is 4.79 Å². The van der Waals surface area contributed by atoms with Gasteiger partial charge < -0.3 is 9.84 Å². The molecule has 0 saturated carbocycles. The summed E-state index contributed by atoms with van der Waals surface area (Å²) in [7, 11) is 0. The fourth-order valence-corrected chi connectivity index (χ4v) is 1.86. The van der Waals surface area contributed by atoms with Gasteiger partial charge in [0.15, 0.2) is 0 Å². The largest absolute Gasteiger partial charge is 0.515 e. The summed E-state index contributed by atoms with van der Waals surface area (Å²) in [4.78, 5) is 10.6. The SMILES string of the molecule is C=CC[N+]1(CCCCC)N=CC=C1OC(=O)O. The Morgan fingerprint density at radius 1 is 1.65 bits per heavy atom. The third-order valence-electron chi connectivity index (χ3n) is 2.67. The highest BCUT2D eigenvalue weighted by molar-refractivity contribution is 5.73. The summed E-state index contributed by atoms with van der Waals surface area (Å²) in [6.07, 6.45) is 6.79. The van der Waals surface area contributed by atoms with Gasteiger partial charge in [0.05, 0.1) is 12.3 Å². The maximum Gasteiger partial charge on any atom is 0.515 e. The molecular weight excluding hydrogens is 220 g/mol. The van der Waals surface area contributed by atoms with Crippen LogP contribution in [-0.4, -0.2) is 35.2 Å². The van der Waals surface area contributed by atoms with Crippen LogP contribution in [0.1, 0.15) is 26.2 Å². The van der Waals surface area contributed by atoms with E-state index in [1.165, 1.54) is 0 Å². The smallest absolute Gasteiger partial charge is 0.449 e. The van der Waals surface area contributed by atoms with Gasteiger partial charge in [-0.05, 0) is 18.9 Å². The molecule has 0 amide bonds. The van der Waals surface area contributed by atoms with Crippen LogP contribution in [0.3, 0.4) is 0 Å². The number of quaternary nitrogens is 1. The molecule has 0 aromatic carbocycles. The molecule has 5 heteroatoms. The highest BCUT2D eigenvalue weighted by atomic mass is 16.7. The molecule has 1 heterocycles. The minimum absolute atomic E-state index is 0.176. The van der Waals surface area contributed by atoms with Crippen molar-refractivity contribution < 1.29 is 19.2 Å². The van der Waals surface area contributed by atoms with Gasteiger partial charge in [0.1, 0.15) is 13.1 Å². The first kappa shape index (κ1) is 13.4. The van der Waals surface area contributed by atoms with Crippen LogP contribution in [0.4, 0.5) is 4.79 Å². The maximum atomic E-state index is 10.6. The summed E-state index contributed by atoms with van der Waals surface area (Å²) in [5, 5.41) is 13.0. The molecule has 1 N–H and O–H groups in total. The normalized spacial score (nSPS) is 22.3. The van der Waals surface area contributed by atoms with Gasteiger partial charge in [0.25, 0.3) is 0 Å². The first-order valence-corrected chi connectivity index (χ1v) is 5.80. The minimum atomic E-state index is -1.30. The molecule has 0 radical (unpaired) electrons. The maximum absolute atomic E-state index is 10.6. The van der Waals surface area contributed by atoms with Gasteiger partial charge in [-0.25, -0.2) is 4.79 Å². The van der Waals surface area contributed by atoms with Crippen LogP contribution >= 0.6 is 0 Å².